The summed E-state index contributed by atoms with van der Waals surface area (Å²) in [5.74, 6) is -0.712. The molecule has 3 aliphatic heterocycles. The van der Waals surface area contributed by atoms with Gasteiger partial charge >= 0.3 is 0 Å². The second-order valence-electron chi connectivity index (χ2n) is 11.5. The van der Waals surface area contributed by atoms with E-state index >= 15 is 0 Å². The highest BCUT2D eigenvalue weighted by molar-refractivity contribution is 5.99. The lowest BCUT2D eigenvalue weighted by molar-refractivity contribution is -0.140. The molecule has 0 spiro atoms. The van der Waals surface area contributed by atoms with Crippen molar-refractivity contribution >= 4 is 23.3 Å². The van der Waals surface area contributed by atoms with Gasteiger partial charge in [0.1, 0.15) is 30.9 Å². The largest absolute Gasteiger partial charge is 0.377 e. The van der Waals surface area contributed by atoms with Crippen molar-refractivity contribution in [3.8, 4) is 0 Å². The maximum Gasteiger partial charge on any atom is 0.251 e. The SMILES string of the molecule is CO[C@H]1CN(C(=O)[C@@H](NC(=O)c2ccc(N3CCN(C4CC4)CC3)cc2)C(C)(C)C)[C@@H]2C(=O)CO[C@H]12. The van der Waals surface area contributed by atoms with Gasteiger partial charge in [-0.05, 0) is 42.5 Å². The standard InChI is InChI=1S/C27H38N4O5/c1-27(2,3)24(26(34)31-15-21(35-4)23-22(31)20(32)16-36-23)28-25(33)17-5-7-18(8-6-17)29-11-13-30(14-12-29)19-9-10-19/h5-8,19,21-24H,9-16H2,1-4H3,(H,28,33)/t21-,22+,23+,24+/m0/s1. The van der Waals surface area contributed by atoms with Crippen LogP contribution in [0.3, 0.4) is 0 Å². The van der Waals surface area contributed by atoms with Gasteiger partial charge in [-0.25, -0.2) is 0 Å². The second-order valence-corrected chi connectivity index (χ2v) is 11.5. The third-order valence-corrected chi connectivity index (χ3v) is 7.98. The Hall–Kier alpha value is -2.49. The van der Waals surface area contributed by atoms with Crippen molar-refractivity contribution in [1.29, 1.82) is 0 Å². The van der Waals surface area contributed by atoms with Gasteiger partial charge in [-0.3, -0.25) is 19.3 Å². The zero-order valence-corrected chi connectivity index (χ0v) is 21.7. The smallest absolute Gasteiger partial charge is 0.251 e. The van der Waals surface area contributed by atoms with Gasteiger partial charge in [-0.1, -0.05) is 20.8 Å². The number of Topliss-reactive ketones (excluding diaryl/α,β-unsaturated/α-hetero) is 1. The van der Waals surface area contributed by atoms with Crippen molar-refractivity contribution < 1.29 is 23.9 Å². The number of nitrogens with one attached hydrogen (secondary N) is 1. The van der Waals surface area contributed by atoms with Crippen LogP contribution in [0, 0.1) is 5.41 Å². The molecule has 1 aliphatic carbocycles. The van der Waals surface area contributed by atoms with Crippen LogP contribution in [0.25, 0.3) is 0 Å². The normalized spacial score (nSPS) is 27.8. The van der Waals surface area contributed by atoms with Gasteiger partial charge in [-0.2, -0.15) is 0 Å². The number of likely N-dealkylation sites (tertiary alicyclic amines) is 1. The lowest BCUT2D eigenvalue weighted by Gasteiger charge is -2.36. The Labute approximate surface area is 213 Å². The van der Waals surface area contributed by atoms with Crippen LogP contribution in [0.15, 0.2) is 24.3 Å². The summed E-state index contributed by atoms with van der Waals surface area (Å²) in [5, 5.41) is 2.96. The molecule has 0 radical (unpaired) electrons. The van der Waals surface area contributed by atoms with Crippen molar-refractivity contribution in [2.24, 2.45) is 5.41 Å². The van der Waals surface area contributed by atoms with E-state index in [0.29, 0.717) is 5.56 Å². The number of benzene rings is 1. The van der Waals surface area contributed by atoms with Crippen molar-refractivity contribution in [2.45, 2.75) is 63.9 Å². The Morgan fingerprint density at radius 2 is 1.75 bits per heavy atom. The molecule has 1 N–H and O–H groups in total. The quantitative estimate of drug-likeness (QED) is 0.632. The van der Waals surface area contributed by atoms with Gasteiger partial charge in [0.15, 0.2) is 5.78 Å². The average Bonchev–Trinajstić information content (AvgIpc) is 3.55. The van der Waals surface area contributed by atoms with Gasteiger partial charge in [0.25, 0.3) is 5.91 Å². The number of anilines is 1. The summed E-state index contributed by atoms with van der Waals surface area (Å²) >= 11 is 0. The summed E-state index contributed by atoms with van der Waals surface area (Å²) in [7, 11) is 1.56. The first-order chi connectivity index (χ1) is 17.2. The number of ketones is 1. The number of carbonyl (C=O) groups is 3. The number of rotatable bonds is 6. The number of carbonyl (C=O) groups excluding carboxylic acids is 3. The molecule has 9 heteroatoms. The molecule has 3 heterocycles. The zero-order valence-electron chi connectivity index (χ0n) is 21.7. The number of hydrogen-bond acceptors (Lipinski definition) is 7. The average molecular weight is 499 g/mol. The van der Waals surface area contributed by atoms with Crippen LogP contribution in [0.1, 0.15) is 44.0 Å². The van der Waals surface area contributed by atoms with Gasteiger partial charge in [0, 0.05) is 50.6 Å². The van der Waals surface area contributed by atoms with Gasteiger partial charge in [-0.15, -0.1) is 0 Å². The lowest BCUT2D eigenvalue weighted by Crippen LogP contribution is -2.57. The van der Waals surface area contributed by atoms with E-state index in [-0.39, 0.29) is 36.9 Å². The first-order valence-corrected chi connectivity index (χ1v) is 13.0. The van der Waals surface area contributed by atoms with Crippen molar-refractivity contribution in [1.82, 2.24) is 15.1 Å². The van der Waals surface area contributed by atoms with E-state index in [9.17, 15) is 14.4 Å². The minimum atomic E-state index is -0.801. The molecule has 4 fully saturated rings. The number of amides is 2. The van der Waals surface area contributed by atoms with Crippen LogP contribution in [-0.2, 0) is 19.1 Å². The maximum absolute atomic E-state index is 13.7. The van der Waals surface area contributed by atoms with E-state index in [0.717, 1.165) is 37.9 Å². The lowest BCUT2D eigenvalue weighted by atomic mass is 9.85. The minimum absolute atomic E-state index is 0.0203. The highest BCUT2D eigenvalue weighted by Crippen LogP contribution is 2.32. The number of ether oxygens (including phenoxy) is 2. The van der Waals surface area contributed by atoms with E-state index < -0.39 is 23.6 Å². The second kappa shape index (κ2) is 9.76. The molecule has 3 saturated heterocycles. The highest BCUT2D eigenvalue weighted by Gasteiger charge is 2.54. The topological polar surface area (TPSA) is 91.4 Å². The third kappa shape index (κ3) is 4.88. The van der Waals surface area contributed by atoms with Crippen molar-refractivity contribution in [3.05, 3.63) is 29.8 Å². The van der Waals surface area contributed by atoms with Crippen molar-refractivity contribution in [2.75, 3.05) is 51.3 Å². The molecule has 196 valence electrons. The van der Waals surface area contributed by atoms with Crippen LogP contribution in [0.5, 0.6) is 0 Å². The third-order valence-electron chi connectivity index (χ3n) is 7.98. The fourth-order valence-electron chi connectivity index (χ4n) is 5.68. The van der Waals surface area contributed by atoms with Crippen LogP contribution in [0.4, 0.5) is 5.69 Å². The van der Waals surface area contributed by atoms with E-state index in [2.05, 4.69) is 15.1 Å². The van der Waals surface area contributed by atoms with Gasteiger partial charge in [0.05, 0.1) is 6.54 Å². The maximum atomic E-state index is 13.7. The summed E-state index contributed by atoms with van der Waals surface area (Å²) in [6, 6.07) is 6.94. The number of nitrogens with zero attached hydrogens (tertiary/aromatic N) is 3. The minimum Gasteiger partial charge on any atom is -0.377 e. The van der Waals surface area contributed by atoms with Crippen LogP contribution in [-0.4, -0.2) is 104 Å². The monoisotopic (exact) mass is 498 g/mol. The van der Waals surface area contributed by atoms with Gasteiger partial charge < -0.3 is 24.6 Å². The molecular formula is C27H38N4O5. The summed E-state index contributed by atoms with van der Waals surface area (Å²) < 4.78 is 11.1. The number of methoxy groups -OCH3 is 1. The molecule has 1 aromatic rings. The molecule has 5 rings (SSSR count). The molecule has 0 aromatic heterocycles. The molecule has 0 unspecified atom stereocenters. The van der Waals surface area contributed by atoms with Crippen molar-refractivity contribution in [3.63, 3.8) is 0 Å². The fraction of sp³-hybridized carbons (Fsp3) is 0.667. The predicted molar refractivity (Wildman–Crippen MR) is 135 cm³/mol. The summed E-state index contributed by atoms with van der Waals surface area (Å²) in [6.45, 7) is 10.1. The molecule has 36 heavy (non-hydrogen) atoms. The number of piperazine rings is 1. The van der Waals surface area contributed by atoms with Crippen LogP contribution < -0.4 is 10.2 Å². The summed E-state index contributed by atoms with van der Waals surface area (Å²) in [4.78, 5) is 45.9. The molecule has 1 saturated carbocycles. The Balaban J connectivity index is 1.25. The number of fused-ring (bicyclic) bond motifs is 1. The Morgan fingerprint density at radius 1 is 1.08 bits per heavy atom. The van der Waals surface area contributed by atoms with Crippen LogP contribution in [0.2, 0.25) is 0 Å². The first kappa shape index (κ1) is 25.2. The molecule has 4 atom stereocenters. The van der Waals surface area contributed by atoms with Gasteiger partial charge in [0.2, 0.25) is 5.91 Å². The zero-order chi connectivity index (χ0) is 25.6. The Bertz CT molecular complexity index is 994. The summed E-state index contributed by atoms with van der Waals surface area (Å²) in [6.07, 6.45) is 1.84. The highest BCUT2D eigenvalue weighted by atomic mass is 16.5. The van der Waals surface area contributed by atoms with E-state index in [4.69, 9.17) is 9.47 Å². The first-order valence-electron chi connectivity index (χ1n) is 13.0. The molecule has 9 nitrogen and oxygen atoms in total. The molecule has 4 aliphatic rings. The molecule has 0 bridgehead atoms. The molecule has 1 aromatic carbocycles. The van der Waals surface area contributed by atoms with E-state index in [1.807, 2.05) is 45.0 Å². The Kier molecular flexibility index (Phi) is 6.82. The van der Waals surface area contributed by atoms with E-state index in [1.165, 1.54) is 17.7 Å². The molecule has 2 amide bonds. The van der Waals surface area contributed by atoms with E-state index in [1.54, 1.807) is 7.11 Å². The summed E-state index contributed by atoms with van der Waals surface area (Å²) in [5.41, 5.74) is 1.06. The van der Waals surface area contributed by atoms with Crippen LogP contribution >= 0.6 is 0 Å². The fourth-order valence-corrected chi connectivity index (χ4v) is 5.68. The Morgan fingerprint density at radius 3 is 2.33 bits per heavy atom. The predicted octanol–water partition coefficient (Wildman–Crippen LogP) is 1.31. The molecular weight excluding hydrogens is 460 g/mol. The number of hydrogen-bond donors (Lipinski definition) is 1.